The molecule has 1 saturated heterocycles. The zero-order valence-electron chi connectivity index (χ0n) is 12.7. The number of hydrogen-bond acceptors (Lipinski definition) is 5. The zero-order chi connectivity index (χ0) is 16.5. The van der Waals surface area contributed by atoms with Crippen LogP contribution in [0.1, 0.15) is 16.1 Å². The number of carbonyl (C=O) groups excluding carboxylic acids is 1. The summed E-state index contributed by atoms with van der Waals surface area (Å²) < 4.78 is 6.86. The number of aromatic nitrogens is 2. The number of amides is 1. The lowest BCUT2D eigenvalue weighted by Crippen LogP contribution is -2.30. The molecular weight excluding hydrogens is 346 g/mol. The molecule has 1 amide bonds. The number of fused-ring (bicyclic) bond motifs is 1. The molecule has 0 spiro atoms. The second-order valence-electron chi connectivity index (χ2n) is 5.61. The van der Waals surface area contributed by atoms with Gasteiger partial charge in [0.05, 0.1) is 28.8 Å². The Morgan fingerprint density at radius 2 is 2.08 bits per heavy atom. The van der Waals surface area contributed by atoms with E-state index in [0.717, 1.165) is 21.4 Å². The van der Waals surface area contributed by atoms with Crippen LogP contribution in [0, 0.1) is 0 Å². The van der Waals surface area contributed by atoms with Crippen molar-refractivity contribution in [2.24, 2.45) is 0 Å². The van der Waals surface area contributed by atoms with Gasteiger partial charge in [-0.2, -0.15) is 0 Å². The molecule has 5 nitrogen and oxygen atoms in total. The van der Waals surface area contributed by atoms with Gasteiger partial charge in [-0.1, -0.05) is 29.8 Å². The van der Waals surface area contributed by atoms with E-state index in [9.17, 15) is 4.79 Å². The SMILES string of the molecule is O=C(c1cc2ccccc2s1)N1CC[C@@H](Oc2ncc(Cl)cn2)C1. The molecule has 122 valence electrons. The van der Waals surface area contributed by atoms with Crippen LogP contribution >= 0.6 is 22.9 Å². The average Bonchev–Trinajstić information content (AvgIpc) is 3.23. The number of halogens is 1. The van der Waals surface area contributed by atoms with Gasteiger partial charge in [0.1, 0.15) is 6.10 Å². The predicted molar refractivity (Wildman–Crippen MR) is 93.8 cm³/mol. The molecule has 0 N–H and O–H groups in total. The molecule has 1 fully saturated rings. The molecule has 4 rings (SSSR count). The maximum atomic E-state index is 12.7. The summed E-state index contributed by atoms with van der Waals surface area (Å²) in [7, 11) is 0. The number of rotatable bonds is 3. The van der Waals surface area contributed by atoms with Crippen LogP contribution in [-0.2, 0) is 0 Å². The highest BCUT2D eigenvalue weighted by Crippen LogP contribution is 2.27. The topological polar surface area (TPSA) is 55.3 Å². The fraction of sp³-hybridized carbons (Fsp3) is 0.235. The van der Waals surface area contributed by atoms with Crippen LogP contribution < -0.4 is 4.74 Å². The second-order valence-corrected chi connectivity index (χ2v) is 7.13. The minimum atomic E-state index is -0.0931. The van der Waals surface area contributed by atoms with Gasteiger partial charge in [-0.05, 0) is 17.5 Å². The first-order valence-electron chi connectivity index (χ1n) is 7.61. The van der Waals surface area contributed by atoms with E-state index in [1.54, 1.807) is 0 Å². The maximum absolute atomic E-state index is 12.7. The largest absolute Gasteiger partial charge is 0.458 e. The Bertz CT molecular complexity index is 848. The lowest BCUT2D eigenvalue weighted by Gasteiger charge is -2.15. The highest BCUT2D eigenvalue weighted by Gasteiger charge is 2.29. The Morgan fingerprint density at radius 1 is 1.29 bits per heavy atom. The first-order chi connectivity index (χ1) is 11.7. The smallest absolute Gasteiger partial charge is 0.316 e. The monoisotopic (exact) mass is 359 g/mol. The summed E-state index contributed by atoms with van der Waals surface area (Å²) in [6.45, 7) is 1.21. The number of benzene rings is 1. The van der Waals surface area contributed by atoms with Crippen LogP contribution in [0.5, 0.6) is 6.01 Å². The van der Waals surface area contributed by atoms with Gasteiger partial charge in [0, 0.05) is 17.7 Å². The lowest BCUT2D eigenvalue weighted by atomic mass is 10.2. The Balaban J connectivity index is 1.44. The zero-order valence-corrected chi connectivity index (χ0v) is 14.3. The van der Waals surface area contributed by atoms with Gasteiger partial charge in [-0.15, -0.1) is 11.3 Å². The van der Waals surface area contributed by atoms with E-state index < -0.39 is 0 Å². The van der Waals surface area contributed by atoms with Crippen molar-refractivity contribution in [1.29, 1.82) is 0 Å². The van der Waals surface area contributed by atoms with E-state index in [0.29, 0.717) is 24.1 Å². The van der Waals surface area contributed by atoms with E-state index in [1.165, 1.54) is 23.7 Å². The Morgan fingerprint density at radius 3 is 2.88 bits per heavy atom. The van der Waals surface area contributed by atoms with Crippen molar-refractivity contribution in [3.8, 4) is 6.01 Å². The van der Waals surface area contributed by atoms with E-state index >= 15 is 0 Å². The average molecular weight is 360 g/mol. The molecule has 0 unspecified atom stereocenters. The van der Waals surface area contributed by atoms with Gasteiger partial charge in [-0.25, -0.2) is 9.97 Å². The fourth-order valence-electron chi connectivity index (χ4n) is 2.76. The number of ether oxygens (including phenoxy) is 1. The van der Waals surface area contributed by atoms with Crippen molar-refractivity contribution < 1.29 is 9.53 Å². The van der Waals surface area contributed by atoms with Crippen molar-refractivity contribution in [2.45, 2.75) is 12.5 Å². The summed E-state index contributed by atoms with van der Waals surface area (Å²) in [5.41, 5.74) is 0. The maximum Gasteiger partial charge on any atom is 0.316 e. The van der Waals surface area contributed by atoms with Crippen molar-refractivity contribution >= 4 is 38.9 Å². The Kier molecular flexibility index (Phi) is 4.08. The number of nitrogens with zero attached hydrogens (tertiary/aromatic N) is 3. The first-order valence-corrected chi connectivity index (χ1v) is 8.80. The Labute approximate surface area is 147 Å². The van der Waals surface area contributed by atoms with Crippen LogP contribution in [0.2, 0.25) is 5.02 Å². The van der Waals surface area contributed by atoms with E-state index in [2.05, 4.69) is 9.97 Å². The molecule has 1 atom stereocenters. The minimum absolute atomic E-state index is 0.0549. The summed E-state index contributed by atoms with van der Waals surface area (Å²) in [6, 6.07) is 10.3. The molecule has 2 aromatic heterocycles. The van der Waals surface area contributed by atoms with E-state index in [-0.39, 0.29) is 12.0 Å². The number of likely N-dealkylation sites (tertiary alicyclic amines) is 1. The molecule has 7 heteroatoms. The molecule has 0 radical (unpaired) electrons. The molecular formula is C17H14ClN3O2S. The van der Waals surface area contributed by atoms with Crippen molar-refractivity contribution in [1.82, 2.24) is 14.9 Å². The summed E-state index contributed by atoms with van der Waals surface area (Å²) in [6.07, 6.45) is 3.67. The van der Waals surface area contributed by atoms with Gasteiger partial charge in [-0.3, -0.25) is 4.79 Å². The van der Waals surface area contributed by atoms with E-state index in [1.807, 2.05) is 35.2 Å². The van der Waals surface area contributed by atoms with Gasteiger partial charge in [0.25, 0.3) is 5.91 Å². The predicted octanol–water partition coefficient (Wildman–Crippen LogP) is 3.64. The van der Waals surface area contributed by atoms with Gasteiger partial charge in [0.2, 0.25) is 0 Å². The quantitative estimate of drug-likeness (QED) is 0.716. The normalized spacial score (nSPS) is 17.4. The summed E-state index contributed by atoms with van der Waals surface area (Å²) in [4.78, 5) is 23.3. The highest BCUT2D eigenvalue weighted by atomic mass is 35.5. The van der Waals surface area contributed by atoms with Crippen molar-refractivity contribution in [3.63, 3.8) is 0 Å². The standard InChI is InChI=1S/C17H14ClN3O2S/c18-12-8-19-17(20-9-12)23-13-5-6-21(10-13)16(22)15-7-11-3-1-2-4-14(11)24-15/h1-4,7-9,13H,5-6,10H2/t13-/m1/s1. The molecule has 1 aliphatic heterocycles. The third-order valence-corrected chi connectivity index (χ3v) is 5.24. The molecule has 0 aliphatic carbocycles. The molecule has 3 heterocycles. The molecule has 0 bridgehead atoms. The molecule has 0 saturated carbocycles. The number of thiophene rings is 1. The van der Waals surface area contributed by atoms with Crippen LogP contribution in [-0.4, -0.2) is 40.0 Å². The van der Waals surface area contributed by atoms with Crippen LogP contribution in [0.3, 0.4) is 0 Å². The number of carbonyl (C=O) groups is 1. The van der Waals surface area contributed by atoms with Gasteiger partial charge in [0.15, 0.2) is 0 Å². The summed E-state index contributed by atoms with van der Waals surface area (Å²) in [5.74, 6) is 0.0549. The summed E-state index contributed by atoms with van der Waals surface area (Å²) in [5, 5.41) is 1.57. The van der Waals surface area contributed by atoms with Crippen LogP contribution in [0.15, 0.2) is 42.7 Å². The van der Waals surface area contributed by atoms with E-state index in [4.69, 9.17) is 16.3 Å². The minimum Gasteiger partial charge on any atom is -0.458 e. The second kappa shape index (κ2) is 6.37. The van der Waals surface area contributed by atoms with Crippen molar-refractivity contribution in [3.05, 3.63) is 52.6 Å². The third kappa shape index (κ3) is 3.07. The molecule has 24 heavy (non-hydrogen) atoms. The Hall–Kier alpha value is -2.18. The van der Waals surface area contributed by atoms with Crippen molar-refractivity contribution in [2.75, 3.05) is 13.1 Å². The van der Waals surface area contributed by atoms with Gasteiger partial charge >= 0.3 is 6.01 Å². The molecule has 3 aromatic rings. The van der Waals surface area contributed by atoms with Crippen LogP contribution in [0.4, 0.5) is 0 Å². The lowest BCUT2D eigenvalue weighted by molar-refractivity contribution is 0.0774. The fourth-order valence-corrected chi connectivity index (χ4v) is 3.89. The van der Waals surface area contributed by atoms with Gasteiger partial charge < -0.3 is 9.64 Å². The number of hydrogen-bond donors (Lipinski definition) is 0. The summed E-state index contributed by atoms with van der Waals surface area (Å²) >= 11 is 7.29. The third-order valence-electron chi connectivity index (χ3n) is 3.94. The molecule has 1 aromatic carbocycles. The molecule has 1 aliphatic rings. The first kappa shape index (κ1) is 15.4. The van der Waals surface area contributed by atoms with Crippen LogP contribution in [0.25, 0.3) is 10.1 Å². The highest BCUT2D eigenvalue weighted by molar-refractivity contribution is 7.20.